The second-order valence-electron chi connectivity index (χ2n) is 1.96. The molecule has 0 fully saturated rings. The van der Waals surface area contributed by atoms with Crippen LogP contribution in [-0.2, 0) is 0 Å². The molecule has 0 amide bonds. The van der Waals surface area contributed by atoms with Crippen LogP contribution in [0.25, 0.3) is 6.08 Å². The lowest BCUT2D eigenvalue weighted by atomic mass is 10.3. The van der Waals surface area contributed by atoms with Crippen LogP contribution in [0.4, 0.5) is 0 Å². The maximum Gasteiger partial charge on any atom is 0.0623 e. The van der Waals surface area contributed by atoms with Crippen molar-refractivity contribution in [1.29, 1.82) is 0 Å². The molecule has 1 aromatic rings. The van der Waals surface area contributed by atoms with E-state index in [0.29, 0.717) is 0 Å². The number of aromatic nitrogens is 1. The third-order valence-corrected chi connectivity index (χ3v) is 1.14. The third kappa shape index (κ3) is 2.19. The molecule has 1 heterocycles. The van der Waals surface area contributed by atoms with Crippen molar-refractivity contribution in [1.82, 2.24) is 4.98 Å². The minimum Gasteiger partial charge on any atom is -0.257 e. The predicted molar refractivity (Wildman–Crippen MR) is 46.3 cm³/mol. The van der Waals surface area contributed by atoms with Crippen LogP contribution in [-0.4, -0.2) is 4.98 Å². The summed E-state index contributed by atoms with van der Waals surface area (Å²) in [5, 5.41) is 0. The Morgan fingerprint density at radius 2 is 2.20 bits per heavy atom. The van der Waals surface area contributed by atoms with Gasteiger partial charge in [0.1, 0.15) is 0 Å². The van der Waals surface area contributed by atoms with E-state index < -0.39 is 0 Å². The Morgan fingerprint density at radius 1 is 1.50 bits per heavy atom. The summed E-state index contributed by atoms with van der Waals surface area (Å²) in [4.78, 5) is 4.08. The first-order valence-electron chi connectivity index (χ1n) is 2.88. The van der Waals surface area contributed by atoms with Crippen LogP contribution in [0.2, 0.25) is 0 Å². The minimum atomic E-state index is 0. The topological polar surface area (TPSA) is 12.9 Å². The van der Waals surface area contributed by atoms with Crippen LogP contribution >= 0.6 is 12.4 Å². The highest BCUT2D eigenvalue weighted by Crippen LogP contribution is 1.98. The van der Waals surface area contributed by atoms with Gasteiger partial charge in [0.2, 0.25) is 0 Å². The quantitative estimate of drug-likeness (QED) is 0.607. The average Bonchev–Trinajstić information content (AvgIpc) is 1.90. The van der Waals surface area contributed by atoms with Crippen molar-refractivity contribution in [3.63, 3.8) is 0 Å². The van der Waals surface area contributed by atoms with Gasteiger partial charge < -0.3 is 0 Å². The second kappa shape index (κ2) is 4.07. The van der Waals surface area contributed by atoms with E-state index in [0.717, 1.165) is 5.69 Å². The number of pyridine rings is 1. The van der Waals surface area contributed by atoms with Crippen molar-refractivity contribution in [2.45, 2.75) is 6.92 Å². The first-order valence-corrected chi connectivity index (χ1v) is 2.88. The molecule has 0 aliphatic heterocycles. The fourth-order valence-corrected chi connectivity index (χ4v) is 0.600. The van der Waals surface area contributed by atoms with E-state index in [1.165, 1.54) is 5.56 Å². The highest BCUT2D eigenvalue weighted by Gasteiger charge is 1.83. The van der Waals surface area contributed by atoms with E-state index in [9.17, 15) is 0 Å². The highest BCUT2D eigenvalue weighted by molar-refractivity contribution is 5.85. The largest absolute Gasteiger partial charge is 0.257 e. The summed E-state index contributed by atoms with van der Waals surface area (Å²) in [7, 11) is 0. The van der Waals surface area contributed by atoms with Crippen molar-refractivity contribution in [3.05, 3.63) is 36.2 Å². The molecule has 1 aromatic heterocycles. The Bertz CT molecular complexity index is 203. The van der Waals surface area contributed by atoms with Gasteiger partial charge in [0.15, 0.2) is 0 Å². The molecule has 0 saturated carbocycles. The molecule has 0 spiro atoms. The van der Waals surface area contributed by atoms with Gasteiger partial charge in [0, 0.05) is 6.20 Å². The lowest BCUT2D eigenvalue weighted by Gasteiger charge is -1.90. The Hall–Kier alpha value is -0.820. The maximum atomic E-state index is 4.08. The van der Waals surface area contributed by atoms with Gasteiger partial charge in [0.05, 0.1) is 5.69 Å². The van der Waals surface area contributed by atoms with Gasteiger partial charge in [0.25, 0.3) is 0 Å². The average molecular weight is 156 g/mol. The second-order valence-corrected chi connectivity index (χ2v) is 1.96. The van der Waals surface area contributed by atoms with Crippen LogP contribution in [0.3, 0.4) is 0 Å². The van der Waals surface area contributed by atoms with Gasteiger partial charge in [-0.25, -0.2) is 0 Å². The summed E-state index contributed by atoms with van der Waals surface area (Å²) in [6.45, 7) is 5.61. The monoisotopic (exact) mass is 155 g/mol. The lowest BCUT2D eigenvalue weighted by molar-refractivity contribution is 1.25. The summed E-state index contributed by atoms with van der Waals surface area (Å²) in [6, 6.07) is 3.96. The zero-order chi connectivity index (χ0) is 6.69. The fraction of sp³-hybridized carbons (Fsp3) is 0.125. The SMILES string of the molecule is C=Cc1ccc(C)cn1.Cl. The van der Waals surface area contributed by atoms with E-state index in [4.69, 9.17) is 0 Å². The van der Waals surface area contributed by atoms with Gasteiger partial charge in [-0.05, 0) is 24.6 Å². The summed E-state index contributed by atoms with van der Waals surface area (Å²) in [5.74, 6) is 0. The van der Waals surface area contributed by atoms with Crippen molar-refractivity contribution in [3.8, 4) is 0 Å². The smallest absolute Gasteiger partial charge is 0.0623 e. The van der Waals surface area contributed by atoms with Crippen molar-refractivity contribution >= 4 is 18.5 Å². The molecule has 0 bridgehead atoms. The van der Waals surface area contributed by atoms with Crippen molar-refractivity contribution in [2.24, 2.45) is 0 Å². The molecule has 0 unspecified atom stereocenters. The Balaban J connectivity index is 0.000000810. The number of halogens is 1. The number of nitrogens with zero attached hydrogens (tertiary/aromatic N) is 1. The predicted octanol–water partition coefficient (Wildman–Crippen LogP) is 2.45. The summed E-state index contributed by atoms with van der Waals surface area (Å²) < 4.78 is 0. The molecule has 2 heteroatoms. The summed E-state index contributed by atoms with van der Waals surface area (Å²) in [6.07, 6.45) is 3.57. The summed E-state index contributed by atoms with van der Waals surface area (Å²) in [5.41, 5.74) is 2.11. The minimum absolute atomic E-state index is 0. The van der Waals surface area contributed by atoms with Crippen molar-refractivity contribution < 1.29 is 0 Å². The van der Waals surface area contributed by atoms with Crippen LogP contribution < -0.4 is 0 Å². The highest BCUT2D eigenvalue weighted by atomic mass is 35.5. The molecule has 0 N–H and O–H groups in total. The van der Waals surface area contributed by atoms with E-state index in [-0.39, 0.29) is 12.4 Å². The van der Waals surface area contributed by atoms with E-state index >= 15 is 0 Å². The van der Waals surface area contributed by atoms with Crippen LogP contribution in [0, 0.1) is 6.92 Å². The fourth-order valence-electron chi connectivity index (χ4n) is 0.600. The molecular weight excluding hydrogens is 146 g/mol. The van der Waals surface area contributed by atoms with E-state index in [2.05, 4.69) is 11.6 Å². The first kappa shape index (κ1) is 9.18. The normalized spacial score (nSPS) is 8.10. The lowest BCUT2D eigenvalue weighted by Crippen LogP contribution is -1.78. The summed E-state index contributed by atoms with van der Waals surface area (Å²) >= 11 is 0. The van der Waals surface area contributed by atoms with Gasteiger partial charge in [-0.1, -0.05) is 12.6 Å². The van der Waals surface area contributed by atoms with Crippen molar-refractivity contribution in [2.75, 3.05) is 0 Å². The molecule has 54 valence electrons. The van der Waals surface area contributed by atoms with Gasteiger partial charge in [-0.2, -0.15) is 0 Å². The Morgan fingerprint density at radius 3 is 2.60 bits per heavy atom. The maximum absolute atomic E-state index is 4.08. The molecule has 1 rings (SSSR count). The molecule has 0 atom stereocenters. The molecular formula is C8H10ClN. The zero-order valence-corrected chi connectivity index (χ0v) is 6.69. The molecule has 10 heavy (non-hydrogen) atoms. The van der Waals surface area contributed by atoms with E-state index in [1.54, 1.807) is 6.08 Å². The Labute approximate surface area is 67.2 Å². The molecule has 0 saturated heterocycles. The van der Waals surface area contributed by atoms with Crippen LogP contribution in [0.1, 0.15) is 11.3 Å². The third-order valence-electron chi connectivity index (χ3n) is 1.14. The van der Waals surface area contributed by atoms with Gasteiger partial charge in [-0.3, -0.25) is 4.98 Å². The zero-order valence-electron chi connectivity index (χ0n) is 5.87. The molecule has 0 aromatic carbocycles. The number of hydrogen-bond acceptors (Lipinski definition) is 1. The Kier molecular flexibility index (Phi) is 3.74. The number of aryl methyl sites for hydroxylation is 1. The number of rotatable bonds is 1. The van der Waals surface area contributed by atoms with Gasteiger partial charge >= 0.3 is 0 Å². The molecule has 0 aliphatic carbocycles. The molecule has 0 radical (unpaired) electrons. The van der Waals surface area contributed by atoms with Gasteiger partial charge in [-0.15, -0.1) is 12.4 Å². The first-order chi connectivity index (χ1) is 4.33. The number of hydrogen-bond donors (Lipinski definition) is 0. The van der Waals surface area contributed by atoms with Crippen LogP contribution in [0.5, 0.6) is 0 Å². The van der Waals surface area contributed by atoms with E-state index in [1.807, 2.05) is 25.3 Å². The molecule has 1 nitrogen and oxygen atoms in total. The molecule has 0 aliphatic rings. The standard InChI is InChI=1S/C8H9N.ClH/c1-3-8-5-4-7(2)6-9-8;/h3-6H,1H2,2H3;1H. The van der Waals surface area contributed by atoms with Crippen LogP contribution in [0.15, 0.2) is 24.9 Å².